The van der Waals surface area contributed by atoms with Crippen molar-refractivity contribution in [2.75, 3.05) is 0 Å². The minimum Gasteiger partial charge on any atom is -0.449 e. The molecule has 0 heterocycles. The number of rotatable bonds is 12. The Balaban J connectivity index is 1.70. The summed E-state index contributed by atoms with van der Waals surface area (Å²) in [7, 11) is 0. The summed E-state index contributed by atoms with van der Waals surface area (Å²) in [6.07, 6.45) is 0. The van der Waals surface area contributed by atoms with E-state index < -0.39 is 0 Å². The fraction of sp³-hybridized carbons (Fsp3) is 0.300. The van der Waals surface area contributed by atoms with Crippen LogP contribution in [-0.2, 0) is 0 Å². The van der Waals surface area contributed by atoms with Gasteiger partial charge in [-0.3, -0.25) is 0 Å². The molecule has 0 aliphatic heterocycles. The Morgan fingerprint density at radius 2 is 0.258 bits per heavy atom. The Kier molecular flexibility index (Phi) is 13.4. The maximum Gasteiger partial charge on any atom is 0.220 e. The maximum absolute atomic E-state index is 7.25. The lowest BCUT2D eigenvalue weighted by Gasteiger charge is -2.26. The monoisotopic (exact) mass is 882 g/mol. The van der Waals surface area contributed by atoms with Crippen LogP contribution >= 0.6 is 0 Å². The van der Waals surface area contributed by atoms with E-state index in [2.05, 4.69) is 125 Å². The predicted octanol–water partition coefficient (Wildman–Crippen LogP) is 18.0. The molecule has 0 aliphatic carbocycles. The Hall–Kier alpha value is -6.66. The summed E-state index contributed by atoms with van der Waals surface area (Å²) in [5.41, 5.74) is 20.1. The van der Waals surface area contributed by atoms with Gasteiger partial charge in [-0.05, 0) is 298 Å². The molecule has 0 fully saturated rings. The molecule has 0 aliphatic rings. The lowest BCUT2D eigenvalue weighted by atomic mass is 10.0. The van der Waals surface area contributed by atoms with E-state index in [9.17, 15) is 0 Å². The van der Waals surface area contributed by atoms with Gasteiger partial charge in [-0.1, -0.05) is 0 Å². The SMILES string of the molecule is Cc1cc(Oc2c(Oc3cc(C)c(C)c(C)c3)c(Oc3cc(C)c(C)c(C)c3)c(Oc3cc(C)c(C)c(C)c3)c(Oc3cc(C)c(C)c(C)c3)c2Oc2cc(C)c(C)c(C)c2)cc(C)c1C. The highest BCUT2D eigenvalue weighted by atomic mass is 16.6. The van der Waals surface area contributed by atoms with Crippen molar-refractivity contribution in [3.05, 3.63) is 173 Å². The molecule has 0 atom stereocenters. The molecule has 6 nitrogen and oxygen atoms in total. The third-order valence-electron chi connectivity index (χ3n) is 14.0. The molecule has 6 heteroatoms. The van der Waals surface area contributed by atoms with Crippen LogP contribution < -0.4 is 28.4 Å². The molecule has 7 aromatic rings. The lowest BCUT2D eigenvalue weighted by molar-refractivity contribution is 0.326. The van der Waals surface area contributed by atoms with E-state index in [1.165, 1.54) is 33.4 Å². The Bertz CT molecular complexity index is 2370. The van der Waals surface area contributed by atoms with Crippen molar-refractivity contribution in [2.45, 2.75) is 125 Å². The fourth-order valence-corrected chi connectivity index (χ4v) is 8.21. The van der Waals surface area contributed by atoms with Crippen LogP contribution in [0.15, 0.2) is 72.8 Å². The molecule has 0 bridgehead atoms. The predicted molar refractivity (Wildman–Crippen MR) is 271 cm³/mol. The molecule has 7 aromatic carbocycles. The van der Waals surface area contributed by atoms with Crippen molar-refractivity contribution < 1.29 is 28.4 Å². The first-order valence-corrected chi connectivity index (χ1v) is 22.9. The van der Waals surface area contributed by atoms with Crippen molar-refractivity contribution >= 4 is 0 Å². The van der Waals surface area contributed by atoms with E-state index in [4.69, 9.17) is 28.4 Å². The van der Waals surface area contributed by atoms with Crippen molar-refractivity contribution in [3.8, 4) is 69.0 Å². The van der Waals surface area contributed by atoms with Gasteiger partial charge in [0.25, 0.3) is 0 Å². The van der Waals surface area contributed by atoms with E-state index in [1.807, 2.05) is 72.8 Å². The van der Waals surface area contributed by atoms with Crippen molar-refractivity contribution in [1.82, 2.24) is 0 Å². The summed E-state index contributed by atoms with van der Waals surface area (Å²) >= 11 is 0. The second-order valence-corrected chi connectivity index (χ2v) is 18.7. The smallest absolute Gasteiger partial charge is 0.220 e. The molecule has 342 valence electrons. The molecule has 66 heavy (non-hydrogen) atoms. The summed E-state index contributed by atoms with van der Waals surface area (Å²) in [5, 5.41) is 0. The standard InChI is InChI=1S/C60H66O6/c1-31-19-49(20-32(2)43(31)13)61-55-56(62-50-21-33(3)44(14)34(4)22-50)58(64-52-25-37(7)46(16)38(8)26-52)60(66-54-29-41(11)48(18)42(12)30-54)59(65-53-27-39(9)47(17)40(10)28-53)57(55)63-51-23-35(5)45(15)36(6)24-51/h19-30H,1-18H3. The van der Waals surface area contributed by atoms with Crippen LogP contribution in [0.3, 0.4) is 0 Å². The van der Waals surface area contributed by atoms with Gasteiger partial charge < -0.3 is 28.4 Å². The van der Waals surface area contributed by atoms with Crippen LogP contribution in [0.25, 0.3) is 0 Å². The minimum absolute atomic E-state index is 0.249. The summed E-state index contributed by atoms with van der Waals surface area (Å²) in [6, 6.07) is 24.5. The largest absolute Gasteiger partial charge is 0.449 e. The van der Waals surface area contributed by atoms with Crippen LogP contribution in [0.1, 0.15) is 100 Å². The van der Waals surface area contributed by atoms with E-state index in [0.717, 1.165) is 66.8 Å². The second kappa shape index (κ2) is 18.7. The summed E-state index contributed by atoms with van der Waals surface area (Å²) < 4.78 is 43.5. The van der Waals surface area contributed by atoms with E-state index >= 15 is 0 Å². The Labute approximate surface area is 393 Å². The highest BCUT2D eigenvalue weighted by Crippen LogP contribution is 2.63. The summed E-state index contributed by atoms with van der Waals surface area (Å²) in [5.74, 6) is 5.06. The lowest BCUT2D eigenvalue weighted by Crippen LogP contribution is -2.05. The summed E-state index contributed by atoms with van der Waals surface area (Å²) in [6.45, 7) is 37.8. The quantitative estimate of drug-likeness (QED) is 0.122. The molecule has 0 saturated heterocycles. The Morgan fingerprint density at radius 1 is 0.167 bits per heavy atom. The zero-order valence-electron chi connectivity index (χ0n) is 42.4. The average Bonchev–Trinajstić information content (AvgIpc) is 3.24. The van der Waals surface area contributed by atoms with Gasteiger partial charge in [-0.25, -0.2) is 0 Å². The van der Waals surface area contributed by atoms with Gasteiger partial charge in [0.2, 0.25) is 34.5 Å². The summed E-state index contributed by atoms with van der Waals surface area (Å²) in [4.78, 5) is 0. The van der Waals surface area contributed by atoms with E-state index in [1.54, 1.807) is 0 Å². The first-order valence-electron chi connectivity index (χ1n) is 22.9. The minimum atomic E-state index is 0.249. The van der Waals surface area contributed by atoms with Crippen LogP contribution in [0.2, 0.25) is 0 Å². The second-order valence-electron chi connectivity index (χ2n) is 18.7. The number of ether oxygens (including phenoxy) is 6. The first kappa shape index (κ1) is 47.3. The van der Waals surface area contributed by atoms with Gasteiger partial charge in [0.05, 0.1) is 0 Å². The molecule has 0 saturated carbocycles. The highest BCUT2D eigenvalue weighted by Gasteiger charge is 2.35. The zero-order chi connectivity index (χ0) is 48.0. The zero-order valence-corrected chi connectivity index (χ0v) is 42.4. The molecule has 0 radical (unpaired) electrons. The van der Waals surface area contributed by atoms with Crippen molar-refractivity contribution in [1.29, 1.82) is 0 Å². The maximum atomic E-state index is 7.25. The van der Waals surface area contributed by atoms with Gasteiger partial charge in [-0.15, -0.1) is 0 Å². The molecular formula is C60H66O6. The average molecular weight is 883 g/mol. The third kappa shape index (κ3) is 9.65. The highest BCUT2D eigenvalue weighted by molar-refractivity contribution is 5.77. The van der Waals surface area contributed by atoms with Gasteiger partial charge >= 0.3 is 0 Å². The van der Waals surface area contributed by atoms with Gasteiger partial charge in [0.15, 0.2) is 0 Å². The molecule has 0 unspecified atom stereocenters. The molecule has 0 N–H and O–H groups in total. The number of hydrogen-bond acceptors (Lipinski definition) is 6. The first-order chi connectivity index (χ1) is 31.1. The van der Waals surface area contributed by atoms with Crippen LogP contribution in [-0.4, -0.2) is 0 Å². The van der Waals surface area contributed by atoms with Crippen LogP contribution in [0, 0.1) is 125 Å². The normalized spacial score (nSPS) is 11.2. The van der Waals surface area contributed by atoms with Gasteiger partial charge in [0, 0.05) is 0 Å². The van der Waals surface area contributed by atoms with E-state index in [-0.39, 0.29) is 34.5 Å². The topological polar surface area (TPSA) is 55.4 Å². The fourth-order valence-electron chi connectivity index (χ4n) is 8.21. The van der Waals surface area contributed by atoms with Crippen LogP contribution in [0.4, 0.5) is 0 Å². The number of benzene rings is 7. The molecule has 0 aromatic heterocycles. The van der Waals surface area contributed by atoms with E-state index in [0.29, 0.717) is 34.5 Å². The molecule has 0 spiro atoms. The molecular weight excluding hydrogens is 817 g/mol. The van der Waals surface area contributed by atoms with Crippen molar-refractivity contribution in [2.24, 2.45) is 0 Å². The van der Waals surface area contributed by atoms with Gasteiger partial charge in [-0.2, -0.15) is 0 Å². The molecule has 7 rings (SSSR count). The number of aryl methyl sites for hydroxylation is 12. The van der Waals surface area contributed by atoms with Crippen LogP contribution in [0.5, 0.6) is 69.0 Å². The Morgan fingerprint density at radius 3 is 0.348 bits per heavy atom. The van der Waals surface area contributed by atoms with Crippen molar-refractivity contribution in [3.63, 3.8) is 0 Å². The number of hydrogen-bond donors (Lipinski definition) is 0. The third-order valence-corrected chi connectivity index (χ3v) is 14.0. The molecule has 0 amide bonds. The van der Waals surface area contributed by atoms with Gasteiger partial charge in [0.1, 0.15) is 34.5 Å².